The molecule has 2 atom stereocenters. The standard InChI is InChI=1S/C10H15NO2S/c1-9-5-3-4-6-10(9,2)14(12,13)11-7-8-11/h3-6,9H,7-8H2,1-2H3. The third-order valence-electron chi connectivity index (χ3n) is 3.14. The van der Waals surface area contributed by atoms with E-state index in [1.807, 2.05) is 25.2 Å². The van der Waals surface area contributed by atoms with Gasteiger partial charge in [0, 0.05) is 13.1 Å². The van der Waals surface area contributed by atoms with E-state index >= 15 is 0 Å². The monoisotopic (exact) mass is 213 g/mol. The molecule has 0 amide bonds. The summed E-state index contributed by atoms with van der Waals surface area (Å²) < 4.78 is 25.0. The molecule has 0 aromatic carbocycles. The van der Waals surface area contributed by atoms with Gasteiger partial charge in [-0.3, -0.25) is 0 Å². The summed E-state index contributed by atoms with van der Waals surface area (Å²) in [5.41, 5.74) is 0. The number of sulfonamides is 1. The largest absolute Gasteiger partial charge is 0.223 e. The molecule has 1 aliphatic heterocycles. The average molecular weight is 213 g/mol. The Bertz CT molecular complexity index is 392. The molecule has 2 aliphatic rings. The first-order valence-corrected chi connectivity index (χ1v) is 6.28. The van der Waals surface area contributed by atoms with Crippen molar-refractivity contribution in [2.75, 3.05) is 13.1 Å². The second-order valence-corrected chi connectivity index (χ2v) is 6.47. The van der Waals surface area contributed by atoms with E-state index < -0.39 is 14.8 Å². The zero-order valence-corrected chi connectivity index (χ0v) is 9.29. The quantitative estimate of drug-likeness (QED) is 0.645. The van der Waals surface area contributed by atoms with Crippen LogP contribution in [-0.4, -0.2) is 30.6 Å². The number of hydrogen-bond acceptors (Lipinski definition) is 2. The molecule has 3 nitrogen and oxygen atoms in total. The van der Waals surface area contributed by atoms with Crippen LogP contribution in [0.25, 0.3) is 0 Å². The number of allylic oxidation sites excluding steroid dienone is 3. The van der Waals surface area contributed by atoms with Crippen LogP contribution in [0.2, 0.25) is 0 Å². The van der Waals surface area contributed by atoms with Crippen LogP contribution in [0.5, 0.6) is 0 Å². The Kier molecular flexibility index (Phi) is 2.08. The fraction of sp³-hybridized carbons (Fsp3) is 0.600. The number of rotatable bonds is 2. The molecule has 0 radical (unpaired) electrons. The predicted molar refractivity (Wildman–Crippen MR) is 56.3 cm³/mol. The highest BCUT2D eigenvalue weighted by molar-refractivity contribution is 7.90. The Morgan fingerprint density at radius 2 is 2.00 bits per heavy atom. The molecule has 2 unspecified atom stereocenters. The fourth-order valence-corrected chi connectivity index (χ4v) is 3.62. The summed E-state index contributed by atoms with van der Waals surface area (Å²) in [4.78, 5) is 0. The third kappa shape index (κ3) is 1.25. The minimum atomic E-state index is -3.14. The molecule has 0 saturated carbocycles. The van der Waals surface area contributed by atoms with Crippen LogP contribution in [0.15, 0.2) is 24.3 Å². The molecule has 1 heterocycles. The molecule has 4 heteroatoms. The van der Waals surface area contributed by atoms with E-state index in [1.165, 1.54) is 4.31 Å². The van der Waals surface area contributed by atoms with Crippen molar-refractivity contribution < 1.29 is 8.42 Å². The first kappa shape index (κ1) is 9.93. The minimum absolute atomic E-state index is 0.0399. The third-order valence-corrected chi connectivity index (χ3v) is 5.81. The van der Waals surface area contributed by atoms with Crippen LogP contribution >= 0.6 is 0 Å². The average Bonchev–Trinajstić information content (AvgIpc) is 2.92. The minimum Gasteiger partial charge on any atom is -0.211 e. The summed E-state index contributed by atoms with van der Waals surface area (Å²) in [5.74, 6) is 0.0399. The normalized spacial score (nSPS) is 37.4. The second-order valence-electron chi connectivity index (χ2n) is 4.12. The van der Waals surface area contributed by atoms with Crippen molar-refractivity contribution >= 4 is 10.0 Å². The Hall–Kier alpha value is -0.610. The van der Waals surface area contributed by atoms with E-state index in [1.54, 1.807) is 13.0 Å². The lowest BCUT2D eigenvalue weighted by Crippen LogP contribution is -2.43. The van der Waals surface area contributed by atoms with E-state index in [2.05, 4.69) is 0 Å². The van der Waals surface area contributed by atoms with Crippen molar-refractivity contribution in [3.63, 3.8) is 0 Å². The highest BCUT2D eigenvalue weighted by Gasteiger charge is 2.48. The Balaban J connectivity index is 2.40. The van der Waals surface area contributed by atoms with E-state index in [4.69, 9.17) is 0 Å². The second kappa shape index (κ2) is 2.94. The van der Waals surface area contributed by atoms with Crippen LogP contribution in [0.4, 0.5) is 0 Å². The van der Waals surface area contributed by atoms with Crippen LogP contribution in [0, 0.1) is 5.92 Å². The fourth-order valence-electron chi connectivity index (χ4n) is 1.70. The molecular weight excluding hydrogens is 198 g/mol. The molecule has 14 heavy (non-hydrogen) atoms. The van der Waals surface area contributed by atoms with Gasteiger partial charge in [0.05, 0.1) is 0 Å². The smallest absolute Gasteiger partial charge is 0.211 e. The molecule has 0 bridgehead atoms. The van der Waals surface area contributed by atoms with Gasteiger partial charge in [-0.05, 0) is 12.8 Å². The zero-order valence-electron chi connectivity index (χ0n) is 8.47. The first-order chi connectivity index (χ1) is 6.48. The molecule has 1 fully saturated rings. The Morgan fingerprint density at radius 1 is 1.36 bits per heavy atom. The van der Waals surface area contributed by atoms with Gasteiger partial charge in [-0.15, -0.1) is 0 Å². The summed E-state index contributed by atoms with van der Waals surface area (Å²) in [6, 6.07) is 0. The first-order valence-electron chi connectivity index (χ1n) is 4.84. The maximum absolute atomic E-state index is 12.1. The molecular formula is C10H15NO2S. The Morgan fingerprint density at radius 3 is 2.50 bits per heavy atom. The molecule has 78 valence electrons. The van der Waals surface area contributed by atoms with Crippen LogP contribution in [0.1, 0.15) is 13.8 Å². The topological polar surface area (TPSA) is 37.1 Å². The van der Waals surface area contributed by atoms with Gasteiger partial charge in [0.1, 0.15) is 4.75 Å². The highest BCUT2D eigenvalue weighted by atomic mass is 32.2. The van der Waals surface area contributed by atoms with Crippen molar-refractivity contribution in [2.45, 2.75) is 18.6 Å². The lowest BCUT2D eigenvalue weighted by atomic mass is 9.91. The summed E-state index contributed by atoms with van der Waals surface area (Å²) in [7, 11) is -3.14. The van der Waals surface area contributed by atoms with E-state index in [0.717, 1.165) is 0 Å². The Labute approximate surface area is 85.2 Å². The van der Waals surface area contributed by atoms with Crippen molar-refractivity contribution in [1.29, 1.82) is 0 Å². The molecule has 0 aromatic heterocycles. The van der Waals surface area contributed by atoms with Crippen molar-refractivity contribution in [2.24, 2.45) is 5.92 Å². The highest BCUT2D eigenvalue weighted by Crippen LogP contribution is 2.36. The molecule has 1 aliphatic carbocycles. The van der Waals surface area contributed by atoms with Crippen molar-refractivity contribution in [3.8, 4) is 0 Å². The van der Waals surface area contributed by atoms with Crippen LogP contribution in [0.3, 0.4) is 0 Å². The maximum Gasteiger partial charge on any atom is 0.223 e. The summed E-state index contributed by atoms with van der Waals surface area (Å²) in [6.07, 6.45) is 7.47. The molecule has 2 rings (SSSR count). The molecule has 1 saturated heterocycles. The lowest BCUT2D eigenvalue weighted by molar-refractivity contribution is 0.487. The van der Waals surface area contributed by atoms with Crippen LogP contribution < -0.4 is 0 Å². The SMILES string of the molecule is CC1C=CC=CC1(C)S(=O)(=O)N1CC1. The summed E-state index contributed by atoms with van der Waals surface area (Å²) in [6.45, 7) is 5.11. The van der Waals surface area contributed by atoms with E-state index in [-0.39, 0.29) is 5.92 Å². The van der Waals surface area contributed by atoms with E-state index in [0.29, 0.717) is 13.1 Å². The molecule has 0 N–H and O–H groups in total. The van der Waals surface area contributed by atoms with Gasteiger partial charge in [0.2, 0.25) is 10.0 Å². The zero-order chi connectivity index (χ0) is 10.4. The van der Waals surface area contributed by atoms with Gasteiger partial charge >= 0.3 is 0 Å². The van der Waals surface area contributed by atoms with E-state index in [9.17, 15) is 8.42 Å². The molecule has 0 spiro atoms. The lowest BCUT2D eigenvalue weighted by Gasteiger charge is -2.32. The molecule has 0 aromatic rings. The van der Waals surface area contributed by atoms with Crippen LogP contribution in [-0.2, 0) is 10.0 Å². The van der Waals surface area contributed by atoms with Gasteiger partial charge in [-0.1, -0.05) is 31.2 Å². The van der Waals surface area contributed by atoms with Gasteiger partial charge in [0.25, 0.3) is 0 Å². The number of hydrogen-bond donors (Lipinski definition) is 0. The van der Waals surface area contributed by atoms with Gasteiger partial charge < -0.3 is 0 Å². The number of nitrogens with zero attached hydrogens (tertiary/aromatic N) is 1. The predicted octanol–water partition coefficient (Wildman–Crippen LogP) is 1.15. The van der Waals surface area contributed by atoms with Gasteiger partial charge in [-0.25, -0.2) is 8.42 Å². The van der Waals surface area contributed by atoms with Crippen molar-refractivity contribution in [3.05, 3.63) is 24.3 Å². The van der Waals surface area contributed by atoms with Gasteiger partial charge in [0.15, 0.2) is 0 Å². The van der Waals surface area contributed by atoms with Crippen molar-refractivity contribution in [1.82, 2.24) is 4.31 Å². The van der Waals surface area contributed by atoms with Gasteiger partial charge in [-0.2, -0.15) is 4.31 Å². The summed E-state index contributed by atoms with van der Waals surface area (Å²) >= 11 is 0. The maximum atomic E-state index is 12.1. The summed E-state index contributed by atoms with van der Waals surface area (Å²) in [5, 5.41) is 0.